The van der Waals surface area contributed by atoms with Crippen LogP contribution in [0.3, 0.4) is 0 Å². The van der Waals surface area contributed by atoms with Crippen molar-refractivity contribution in [2.75, 3.05) is 23.3 Å². The molecule has 3 saturated heterocycles. The second-order valence-corrected chi connectivity index (χ2v) is 20.0. The SMILES string of the molecule is CC=O.CC[Si](CC)(CC)OC(C)(C)C(F)(F)c1cccc([C@@H](C)Nc2nc(C)nc3ncc(N4CC5CC(C4)N5C(=O)OC(C)(C)C)cc23)c1F. The molecule has 3 aromatic rings. The summed E-state index contributed by atoms with van der Waals surface area (Å²) in [6, 6.07) is 7.52. The van der Waals surface area contributed by atoms with E-state index in [9.17, 15) is 4.79 Å². The molecule has 14 heteroatoms. The number of aromatic nitrogens is 3. The van der Waals surface area contributed by atoms with Crippen LogP contribution < -0.4 is 10.2 Å². The van der Waals surface area contributed by atoms with Gasteiger partial charge >= 0.3 is 12.0 Å². The van der Waals surface area contributed by atoms with E-state index in [4.69, 9.17) is 14.0 Å². The summed E-state index contributed by atoms with van der Waals surface area (Å²) in [5, 5.41) is 3.89. The second kappa shape index (κ2) is 15.7. The van der Waals surface area contributed by atoms with Crippen molar-refractivity contribution < 1.29 is 31.9 Å². The van der Waals surface area contributed by atoms with Gasteiger partial charge in [0.2, 0.25) is 0 Å². The zero-order valence-electron chi connectivity index (χ0n) is 32.4. The number of aldehydes is 1. The van der Waals surface area contributed by atoms with Gasteiger partial charge in [0.1, 0.15) is 34.9 Å². The third-order valence-corrected chi connectivity index (χ3v) is 15.0. The van der Waals surface area contributed by atoms with Crippen molar-refractivity contribution in [3.8, 4) is 0 Å². The number of benzene rings is 1. The molecule has 5 heterocycles. The third kappa shape index (κ3) is 8.38. The highest BCUT2D eigenvalue weighted by Crippen LogP contribution is 2.46. The van der Waals surface area contributed by atoms with E-state index in [1.165, 1.54) is 32.9 Å². The van der Waals surface area contributed by atoms with Crippen molar-refractivity contribution in [3.05, 3.63) is 53.2 Å². The van der Waals surface area contributed by atoms with Gasteiger partial charge in [-0.15, -0.1) is 0 Å². The van der Waals surface area contributed by atoms with E-state index in [2.05, 4.69) is 25.2 Å². The van der Waals surface area contributed by atoms with E-state index in [-0.39, 0.29) is 23.7 Å². The average molecular weight is 745 g/mol. The fourth-order valence-corrected chi connectivity index (χ4v) is 10.3. The fraction of sp³-hybridized carbons (Fsp3) is 0.605. The molecular formula is C38H55F3N6O4Si. The number of alkyl halides is 2. The minimum absolute atomic E-state index is 0.0321. The van der Waals surface area contributed by atoms with Gasteiger partial charge in [0.05, 0.1) is 41.0 Å². The number of aryl methyl sites for hydroxylation is 1. The molecule has 1 aromatic carbocycles. The Balaban J connectivity index is 0.00000195. The van der Waals surface area contributed by atoms with Gasteiger partial charge in [-0.2, -0.15) is 8.78 Å². The number of hydrogen-bond acceptors (Lipinski definition) is 9. The number of ether oxygens (including phenoxy) is 1. The number of hydrogen-bond donors (Lipinski definition) is 1. The molecule has 2 unspecified atom stereocenters. The number of nitrogens with zero attached hydrogens (tertiary/aromatic N) is 5. The number of carbonyl (C=O) groups excluding carboxylic acids is 2. The van der Waals surface area contributed by atoms with Crippen LogP contribution in [0.1, 0.15) is 98.7 Å². The largest absolute Gasteiger partial charge is 0.444 e. The first kappa shape index (κ1) is 41.0. The third-order valence-electron chi connectivity index (χ3n) is 10.2. The Morgan fingerprint density at radius 1 is 1.08 bits per heavy atom. The molecule has 3 aliphatic heterocycles. The molecule has 3 fully saturated rings. The Labute approximate surface area is 307 Å². The number of fused-ring (bicyclic) bond motifs is 3. The Kier molecular flexibility index (Phi) is 12.4. The van der Waals surface area contributed by atoms with Crippen molar-refractivity contribution in [1.82, 2.24) is 19.9 Å². The first-order valence-corrected chi connectivity index (χ1v) is 20.7. The molecule has 3 atom stereocenters. The Morgan fingerprint density at radius 2 is 1.67 bits per heavy atom. The lowest BCUT2D eigenvalue weighted by Gasteiger charge is -2.56. The van der Waals surface area contributed by atoms with Crippen LogP contribution in [0.25, 0.3) is 11.0 Å². The van der Waals surface area contributed by atoms with Crippen LogP contribution in [0, 0.1) is 12.7 Å². The molecule has 1 amide bonds. The normalized spacial score (nSPS) is 18.3. The van der Waals surface area contributed by atoms with Crippen LogP contribution in [0.5, 0.6) is 0 Å². The number of rotatable bonds is 11. The first-order valence-electron chi connectivity index (χ1n) is 18.2. The lowest BCUT2D eigenvalue weighted by molar-refractivity contribution is -0.161. The van der Waals surface area contributed by atoms with Gasteiger partial charge in [0, 0.05) is 18.7 Å². The van der Waals surface area contributed by atoms with Gasteiger partial charge in [-0.3, -0.25) is 4.90 Å². The quantitative estimate of drug-likeness (QED) is 0.152. The number of carbonyl (C=O) groups is 2. The summed E-state index contributed by atoms with van der Waals surface area (Å²) in [5.41, 5.74) is -1.77. The molecule has 286 valence electrons. The van der Waals surface area contributed by atoms with Gasteiger partial charge in [-0.25, -0.2) is 24.1 Å². The summed E-state index contributed by atoms with van der Waals surface area (Å²) >= 11 is 0. The molecule has 0 spiro atoms. The maximum atomic E-state index is 16.2. The Bertz CT molecular complexity index is 1730. The molecule has 2 aromatic heterocycles. The van der Waals surface area contributed by atoms with Crippen LogP contribution in [0.15, 0.2) is 30.5 Å². The van der Waals surface area contributed by atoms with E-state index >= 15 is 13.2 Å². The highest BCUT2D eigenvalue weighted by Gasteiger charge is 2.54. The smallest absolute Gasteiger partial charge is 0.410 e. The van der Waals surface area contributed by atoms with Crippen molar-refractivity contribution in [3.63, 3.8) is 0 Å². The summed E-state index contributed by atoms with van der Waals surface area (Å²) in [4.78, 5) is 39.3. The predicted molar refractivity (Wildman–Crippen MR) is 201 cm³/mol. The fourth-order valence-electron chi connectivity index (χ4n) is 7.13. The van der Waals surface area contributed by atoms with E-state index in [0.29, 0.717) is 53.9 Å². The highest BCUT2D eigenvalue weighted by atomic mass is 28.4. The lowest BCUT2D eigenvalue weighted by Crippen LogP contribution is -2.70. The predicted octanol–water partition coefficient (Wildman–Crippen LogP) is 8.94. The zero-order chi connectivity index (χ0) is 38.8. The molecular weight excluding hydrogens is 690 g/mol. The van der Waals surface area contributed by atoms with Crippen LogP contribution in [0.2, 0.25) is 18.1 Å². The molecule has 0 saturated carbocycles. The molecule has 6 rings (SSSR count). The highest BCUT2D eigenvalue weighted by molar-refractivity contribution is 6.73. The van der Waals surface area contributed by atoms with Crippen LogP contribution in [-0.4, -0.2) is 76.9 Å². The maximum Gasteiger partial charge on any atom is 0.410 e. The molecule has 2 bridgehead atoms. The molecule has 0 radical (unpaired) electrons. The van der Waals surface area contributed by atoms with Gasteiger partial charge in [-0.1, -0.05) is 32.9 Å². The van der Waals surface area contributed by atoms with Gasteiger partial charge < -0.3 is 24.2 Å². The van der Waals surface area contributed by atoms with Crippen molar-refractivity contribution >= 4 is 43.2 Å². The van der Waals surface area contributed by atoms with Crippen molar-refractivity contribution in [1.29, 1.82) is 0 Å². The number of nitrogens with one attached hydrogen (secondary N) is 1. The standard InChI is InChI=1S/C36H51F3N6O3Si.C2H4O/c1-11-49(12-2,13-3)48-35(9,10)36(38,39)29-16-14-15-27(30(29)37)22(4)41-32-28-18-24(19-40-31(28)42-23(5)43-32)44-20-25-17-26(21-44)45(25)33(46)47-34(6,7)8;1-2-3/h14-16,18-19,22,25-26H,11-13,17,20-21H2,1-10H3,(H,40,41,42,43);2H,1H3/t22-,25?,26?;/m1./s1. The average Bonchev–Trinajstić information content (AvgIpc) is 3.06. The van der Waals surface area contributed by atoms with Gasteiger partial charge in [0.15, 0.2) is 14.0 Å². The topological polar surface area (TPSA) is 110 Å². The van der Waals surface area contributed by atoms with E-state index in [0.717, 1.165) is 24.5 Å². The zero-order valence-corrected chi connectivity index (χ0v) is 33.4. The summed E-state index contributed by atoms with van der Waals surface area (Å²) < 4.78 is 60.5. The van der Waals surface area contributed by atoms with Crippen LogP contribution in [0.4, 0.5) is 29.5 Å². The van der Waals surface area contributed by atoms with Gasteiger partial charge in [-0.05, 0) is 92.1 Å². The minimum Gasteiger partial charge on any atom is -0.444 e. The molecule has 52 heavy (non-hydrogen) atoms. The number of piperazine rings is 1. The van der Waals surface area contributed by atoms with E-state index in [1.54, 1.807) is 20.0 Å². The number of halogens is 3. The maximum absolute atomic E-state index is 16.2. The number of pyridine rings is 1. The summed E-state index contributed by atoms with van der Waals surface area (Å²) in [5.74, 6) is -3.68. The van der Waals surface area contributed by atoms with Crippen LogP contribution in [-0.2, 0) is 19.9 Å². The van der Waals surface area contributed by atoms with Crippen molar-refractivity contribution in [2.45, 2.75) is 136 Å². The molecule has 3 aliphatic rings. The molecule has 0 aliphatic carbocycles. The summed E-state index contributed by atoms with van der Waals surface area (Å²) in [6.45, 7) is 20.4. The number of anilines is 2. The van der Waals surface area contributed by atoms with Crippen molar-refractivity contribution in [2.24, 2.45) is 0 Å². The van der Waals surface area contributed by atoms with Gasteiger partial charge in [0.25, 0.3) is 0 Å². The molecule has 10 nitrogen and oxygen atoms in total. The Hall–Kier alpha value is -3.78. The number of piperidine rings is 1. The Morgan fingerprint density at radius 3 is 2.23 bits per heavy atom. The second-order valence-electron chi connectivity index (χ2n) is 15.3. The van der Waals surface area contributed by atoms with E-state index in [1.807, 2.05) is 52.5 Å². The molecule has 1 N–H and O–H groups in total. The summed E-state index contributed by atoms with van der Waals surface area (Å²) in [7, 11) is -2.43. The number of amides is 1. The van der Waals surface area contributed by atoms with E-state index < -0.39 is 42.9 Å². The minimum atomic E-state index is -3.59. The first-order chi connectivity index (χ1) is 24.3. The summed E-state index contributed by atoms with van der Waals surface area (Å²) in [6.07, 6.45) is 3.12. The lowest BCUT2D eigenvalue weighted by atomic mass is 9.87. The van der Waals surface area contributed by atoms with Crippen LogP contribution >= 0.6 is 0 Å². The monoisotopic (exact) mass is 744 g/mol.